The number of nitrogens with zero attached hydrogens (tertiary/aromatic N) is 4. The van der Waals surface area contributed by atoms with E-state index in [1.54, 1.807) is 24.3 Å². The molecule has 12 heteroatoms. The summed E-state index contributed by atoms with van der Waals surface area (Å²) in [6, 6.07) is 6.23. The van der Waals surface area contributed by atoms with Crippen LogP contribution in [0.15, 0.2) is 35.6 Å². The van der Waals surface area contributed by atoms with Gasteiger partial charge in [-0.25, -0.2) is 4.79 Å². The Kier molecular flexibility index (Phi) is 6.63. The first-order valence-corrected chi connectivity index (χ1v) is 7.99. The molecule has 0 fully saturated rings. The highest BCUT2D eigenvalue weighted by atomic mass is 16.7. The lowest BCUT2D eigenvalue weighted by Crippen LogP contribution is -2.20. The van der Waals surface area contributed by atoms with Gasteiger partial charge in [0.1, 0.15) is 17.6 Å². The predicted octanol–water partition coefficient (Wildman–Crippen LogP) is 0.218. The van der Waals surface area contributed by atoms with Gasteiger partial charge in [0.05, 0.1) is 17.9 Å². The maximum atomic E-state index is 11.8. The highest BCUT2D eigenvalue weighted by Gasteiger charge is 2.16. The van der Waals surface area contributed by atoms with Gasteiger partial charge in [0, 0.05) is 5.56 Å². The third-order valence-electron chi connectivity index (χ3n) is 3.44. The van der Waals surface area contributed by atoms with Crippen LogP contribution >= 0.6 is 0 Å². The highest BCUT2D eigenvalue weighted by Crippen LogP contribution is 2.15. The molecule has 0 spiro atoms. The number of carbonyl (C=O) groups excluding carboxylic acids is 2. The van der Waals surface area contributed by atoms with Crippen LogP contribution < -0.4 is 16.2 Å². The monoisotopic (exact) mass is 390 g/mol. The Morgan fingerprint density at radius 1 is 1.29 bits per heavy atom. The second kappa shape index (κ2) is 9.12. The molecular weight excluding hydrogens is 372 g/mol. The van der Waals surface area contributed by atoms with Crippen molar-refractivity contribution in [2.75, 3.05) is 6.61 Å². The number of hydrogen-bond donors (Lipinski definition) is 2. The third-order valence-corrected chi connectivity index (χ3v) is 3.44. The molecule has 28 heavy (non-hydrogen) atoms. The molecule has 1 aromatic carbocycles. The molecule has 148 valence electrons. The molecule has 4 N–H and O–H groups in total. The molecule has 1 aromatic heterocycles. The largest absolute Gasteiger partial charge is 0.484 e. The van der Waals surface area contributed by atoms with E-state index in [1.165, 1.54) is 17.8 Å². The summed E-state index contributed by atoms with van der Waals surface area (Å²) in [6.45, 7) is 1.34. The zero-order valence-electron chi connectivity index (χ0n) is 14.9. The summed E-state index contributed by atoms with van der Waals surface area (Å²) in [5.41, 5.74) is 11.3. The maximum absolute atomic E-state index is 11.8. The van der Waals surface area contributed by atoms with E-state index in [9.17, 15) is 19.7 Å². The molecule has 0 aliphatic carbocycles. The topological polar surface area (TPSA) is 178 Å². The second-order valence-electron chi connectivity index (χ2n) is 5.59. The lowest BCUT2D eigenvalue weighted by Gasteiger charge is -2.05. The quantitative estimate of drug-likeness (QED) is 0.201. The van der Waals surface area contributed by atoms with Crippen molar-refractivity contribution < 1.29 is 24.1 Å². The van der Waals surface area contributed by atoms with E-state index >= 15 is 0 Å². The number of ether oxygens (including phenoxy) is 1. The molecule has 0 saturated heterocycles. The Labute approximate surface area is 158 Å². The number of hydrogen-bond acceptors (Lipinski definition) is 8. The van der Waals surface area contributed by atoms with Gasteiger partial charge >= 0.3 is 11.7 Å². The Bertz CT molecular complexity index is 905. The first-order valence-electron chi connectivity index (χ1n) is 7.99. The van der Waals surface area contributed by atoms with Crippen molar-refractivity contribution in [2.45, 2.75) is 19.9 Å². The molecule has 0 atom stereocenters. The summed E-state index contributed by atoms with van der Waals surface area (Å²) in [7, 11) is 0. The van der Waals surface area contributed by atoms with Crippen molar-refractivity contribution in [3.8, 4) is 5.75 Å². The van der Waals surface area contributed by atoms with Gasteiger partial charge in [0.15, 0.2) is 12.4 Å². The van der Waals surface area contributed by atoms with Crippen LogP contribution in [0.25, 0.3) is 0 Å². The van der Waals surface area contributed by atoms with Crippen molar-refractivity contribution in [1.82, 2.24) is 9.78 Å². The summed E-state index contributed by atoms with van der Waals surface area (Å²) >= 11 is 0. The average Bonchev–Trinajstić information content (AvgIpc) is 3.04. The van der Waals surface area contributed by atoms with Crippen molar-refractivity contribution in [3.63, 3.8) is 0 Å². The second-order valence-corrected chi connectivity index (χ2v) is 5.59. The molecule has 2 aromatic rings. The number of amides is 1. The summed E-state index contributed by atoms with van der Waals surface area (Å²) in [5.74, 6) is -0.909. The maximum Gasteiger partial charge on any atom is 0.336 e. The number of primary amides is 1. The SMILES string of the molecule is Cc1nn(CCC(=O)O/N=C(\N)c2ccc(OCC(N)=O)cc2)cc1[N+](=O)[O-]. The van der Waals surface area contributed by atoms with Gasteiger partial charge < -0.3 is 21.0 Å². The van der Waals surface area contributed by atoms with Crippen molar-refractivity contribution >= 4 is 23.4 Å². The van der Waals surface area contributed by atoms with Gasteiger partial charge in [-0.1, -0.05) is 5.16 Å². The van der Waals surface area contributed by atoms with Crippen LogP contribution in [0, 0.1) is 17.0 Å². The Hall–Kier alpha value is -3.96. The van der Waals surface area contributed by atoms with Crippen molar-refractivity contribution in [1.29, 1.82) is 0 Å². The summed E-state index contributed by atoms with van der Waals surface area (Å²) in [4.78, 5) is 37.4. The minimum atomic E-state index is -0.680. The van der Waals surface area contributed by atoms with Crippen LogP contribution in [0.4, 0.5) is 5.69 Å². The van der Waals surface area contributed by atoms with Gasteiger partial charge in [-0.3, -0.25) is 19.6 Å². The fourth-order valence-corrected chi connectivity index (χ4v) is 2.08. The lowest BCUT2D eigenvalue weighted by atomic mass is 10.2. The average molecular weight is 390 g/mol. The molecule has 1 heterocycles. The number of aryl methyl sites for hydroxylation is 2. The van der Waals surface area contributed by atoms with Crippen LogP contribution in [0.1, 0.15) is 17.7 Å². The smallest absolute Gasteiger partial charge is 0.336 e. The van der Waals surface area contributed by atoms with Gasteiger partial charge in [0.25, 0.3) is 5.91 Å². The van der Waals surface area contributed by atoms with Crippen LogP contribution in [0.3, 0.4) is 0 Å². The normalized spacial score (nSPS) is 11.1. The number of aromatic nitrogens is 2. The van der Waals surface area contributed by atoms with Gasteiger partial charge in [-0.15, -0.1) is 0 Å². The number of rotatable bonds is 9. The van der Waals surface area contributed by atoms with E-state index in [2.05, 4.69) is 10.3 Å². The Morgan fingerprint density at radius 3 is 2.54 bits per heavy atom. The molecule has 0 aliphatic heterocycles. The molecule has 0 aliphatic rings. The standard InChI is InChI=1S/C16H18N6O6/c1-10-13(22(25)26)8-21(19-10)7-6-15(24)28-20-16(18)11-2-4-12(5-3-11)27-9-14(17)23/h2-5,8H,6-7,9H2,1H3,(H2,17,23)(H2,18,20). The number of oxime groups is 1. The molecule has 12 nitrogen and oxygen atoms in total. The van der Waals surface area contributed by atoms with Gasteiger partial charge in [0.2, 0.25) is 0 Å². The molecule has 0 saturated carbocycles. The summed E-state index contributed by atoms with van der Waals surface area (Å²) in [5, 5.41) is 18.3. The Balaban J connectivity index is 1.86. The molecule has 0 bridgehead atoms. The van der Waals surface area contributed by atoms with E-state index < -0.39 is 16.8 Å². The fraction of sp³-hybridized carbons (Fsp3) is 0.250. The predicted molar refractivity (Wildman–Crippen MR) is 96.2 cm³/mol. The minimum absolute atomic E-state index is 0.0413. The molecular formula is C16H18N6O6. The molecule has 1 amide bonds. The number of nitro groups is 1. The fourth-order valence-electron chi connectivity index (χ4n) is 2.08. The molecule has 0 unspecified atom stereocenters. The molecule has 0 radical (unpaired) electrons. The lowest BCUT2D eigenvalue weighted by molar-refractivity contribution is -0.385. The van der Waals surface area contributed by atoms with Crippen LogP contribution in [0.5, 0.6) is 5.75 Å². The van der Waals surface area contributed by atoms with E-state index in [4.69, 9.17) is 21.0 Å². The van der Waals surface area contributed by atoms with E-state index in [-0.39, 0.29) is 36.8 Å². The van der Waals surface area contributed by atoms with E-state index in [1.807, 2.05) is 0 Å². The summed E-state index contributed by atoms with van der Waals surface area (Å²) in [6.07, 6.45) is 1.14. The van der Waals surface area contributed by atoms with E-state index in [0.717, 1.165) is 0 Å². The minimum Gasteiger partial charge on any atom is -0.484 e. The van der Waals surface area contributed by atoms with Crippen molar-refractivity contribution in [3.05, 3.63) is 51.8 Å². The van der Waals surface area contributed by atoms with Crippen molar-refractivity contribution in [2.24, 2.45) is 16.6 Å². The number of nitrogens with two attached hydrogens (primary N) is 2. The first-order chi connectivity index (χ1) is 13.3. The van der Waals surface area contributed by atoms with E-state index in [0.29, 0.717) is 11.3 Å². The zero-order chi connectivity index (χ0) is 20.7. The number of amidine groups is 1. The van der Waals surface area contributed by atoms with Gasteiger partial charge in [-0.2, -0.15) is 5.10 Å². The summed E-state index contributed by atoms with van der Waals surface area (Å²) < 4.78 is 6.39. The number of benzene rings is 1. The third kappa shape index (κ3) is 5.79. The van der Waals surface area contributed by atoms with Crippen LogP contribution in [0.2, 0.25) is 0 Å². The van der Waals surface area contributed by atoms with Crippen LogP contribution in [-0.4, -0.2) is 39.0 Å². The Morgan fingerprint density at radius 2 is 1.96 bits per heavy atom. The van der Waals surface area contributed by atoms with Crippen LogP contribution in [-0.2, 0) is 21.0 Å². The first kappa shape index (κ1) is 20.4. The highest BCUT2D eigenvalue weighted by molar-refractivity contribution is 5.97. The van der Waals surface area contributed by atoms with Gasteiger partial charge in [-0.05, 0) is 31.2 Å². The molecule has 2 rings (SSSR count). The number of carbonyl (C=O) groups is 2. The zero-order valence-corrected chi connectivity index (χ0v) is 14.9.